The maximum Gasteiger partial charge on any atom is 0.272 e. The zero-order valence-electron chi connectivity index (χ0n) is 14.2. The number of carbonyl (C=O) groups is 1. The summed E-state index contributed by atoms with van der Waals surface area (Å²) in [5.74, 6) is 0.859. The predicted octanol–water partition coefficient (Wildman–Crippen LogP) is 1.79. The largest absolute Gasteiger partial charge is 0.341 e. The van der Waals surface area contributed by atoms with Crippen LogP contribution in [0.3, 0.4) is 0 Å². The zero-order chi connectivity index (χ0) is 17.9. The smallest absolute Gasteiger partial charge is 0.272 e. The van der Waals surface area contributed by atoms with E-state index in [0.717, 1.165) is 36.5 Å². The van der Waals surface area contributed by atoms with Gasteiger partial charge in [0.25, 0.3) is 5.91 Å². The number of carbonyl (C=O) groups excluding carboxylic acids is 1. The maximum atomic E-state index is 12.5. The van der Waals surface area contributed by atoms with E-state index in [9.17, 15) is 4.79 Å². The fourth-order valence-electron chi connectivity index (χ4n) is 3.15. The Labute approximate surface area is 150 Å². The summed E-state index contributed by atoms with van der Waals surface area (Å²) in [5.41, 5.74) is 2.86. The molecule has 130 valence electrons. The quantitative estimate of drug-likeness (QED) is 0.781. The summed E-state index contributed by atoms with van der Waals surface area (Å²) in [7, 11) is 0. The molecule has 1 N–H and O–H groups in total. The van der Waals surface area contributed by atoms with Crippen LogP contribution in [0.1, 0.15) is 21.9 Å². The highest BCUT2D eigenvalue weighted by atomic mass is 16.2. The van der Waals surface area contributed by atoms with Crippen LogP contribution in [0.15, 0.2) is 42.6 Å². The lowest BCUT2D eigenvalue weighted by Crippen LogP contribution is -2.48. The van der Waals surface area contributed by atoms with Crippen LogP contribution in [0, 0.1) is 11.3 Å². The molecule has 0 atom stereocenters. The van der Waals surface area contributed by atoms with Gasteiger partial charge in [-0.2, -0.15) is 5.26 Å². The fourth-order valence-corrected chi connectivity index (χ4v) is 3.15. The molecule has 1 aromatic carbocycles. The summed E-state index contributed by atoms with van der Waals surface area (Å²) in [6.07, 6.45) is 1.44. The van der Waals surface area contributed by atoms with E-state index in [4.69, 9.17) is 5.26 Å². The van der Waals surface area contributed by atoms with Crippen molar-refractivity contribution >= 4 is 16.9 Å². The number of nitriles is 1. The number of nitrogens with one attached hydrogen (secondary N) is 1. The van der Waals surface area contributed by atoms with Gasteiger partial charge in [-0.3, -0.25) is 9.69 Å². The molecule has 1 aliphatic rings. The fraction of sp³-hybridized carbons (Fsp3) is 0.263. The number of amides is 1. The SMILES string of the molecule is N#Cc1ccc(C(=O)N2CCN(Cc3nc4ccccc4[nH]3)CC2)nc1. The molecule has 1 saturated heterocycles. The number of H-pyrrole nitrogens is 1. The molecule has 1 fully saturated rings. The minimum atomic E-state index is -0.0853. The van der Waals surface area contributed by atoms with Gasteiger partial charge in [-0.05, 0) is 24.3 Å². The second-order valence-electron chi connectivity index (χ2n) is 6.31. The molecule has 0 bridgehead atoms. The van der Waals surface area contributed by atoms with Gasteiger partial charge in [-0.25, -0.2) is 9.97 Å². The molecule has 4 rings (SSSR count). The van der Waals surface area contributed by atoms with Crippen LogP contribution in [0.5, 0.6) is 0 Å². The van der Waals surface area contributed by atoms with Gasteiger partial charge in [0.1, 0.15) is 17.6 Å². The highest BCUT2D eigenvalue weighted by molar-refractivity contribution is 5.92. The molecule has 3 heterocycles. The first-order valence-corrected chi connectivity index (χ1v) is 8.54. The Hall–Kier alpha value is -3.24. The third kappa shape index (κ3) is 3.27. The Morgan fingerprint density at radius 1 is 1.15 bits per heavy atom. The van der Waals surface area contributed by atoms with Crippen molar-refractivity contribution in [3.05, 3.63) is 59.7 Å². The topological polar surface area (TPSA) is 88.9 Å². The van der Waals surface area contributed by atoms with E-state index in [1.54, 1.807) is 12.1 Å². The van der Waals surface area contributed by atoms with Crippen molar-refractivity contribution in [2.45, 2.75) is 6.54 Å². The molecule has 0 spiro atoms. The van der Waals surface area contributed by atoms with E-state index >= 15 is 0 Å². The molecular formula is C19H18N6O. The molecule has 1 aliphatic heterocycles. The standard InChI is InChI=1S/C19H18N6O/c20-11-14-5-6-17(21-12-14)19(26)25-9-7-24(8-10-25)13-18-22-15-3-1-2-4-16(15)23-18/h1-6,12H,7-10,13H2,(H,22,23). The van der Waals surface area contributed by atoms with Gasteiger partial charge >= 0.3 is 0 Å². The van der Waals surface area contributed by atoms with Crippen molar-refractivity contribution < 1.29 is 4.79 Å². The predicted molar refractivity (Wildman–Crippen MR) is 96.2 cm³/mol. The summed E-state index contributed by atoms with van der Waals surface area (Å²) in [5, 5.41) is 8.81. The van der Waals surface area contributed by atoms with Crippen molar-refractivity contribution in [2.75, 3.05) is 26.2 Å². The number of aromatic amines is 1. The number of rotatable bonds is 3. The van der Waals surface area contributed by atoms with Crippen molar-refractivity contribution in [3.63, 3.8) is 0 Å². The molecule has 3 aromatic rings. The Morgan fingerprint density at radius 2 is 1.96 bits per heavy atom. The lowest BCUT2D eigenvalue weighted by molar-refractivity contribution is 0.0620. The van der Waals surface area contributed by atoms with Crippen LogP contribution in [0.25, 0.3) is 11.0 Å². The lowest BCUT2D eigenvalue weighted by Gasteiger charge is -2.34. The molecule has 2 aromatic heterocycles. The van der Waals surface area contributed by atoms with Crippen molar-refractivity contribution in [1.29, 1.82) is 5.26 Å². The molecule has 0 saturated carbocycles. The number of benzene rings is 1. The Morgan fingerprint density at radius 3 is 2.65 bits per heavy atom. The van der Waals surface area contributed by atoms with Crippen LogP contribution in [-0.2, 0) is 6.54 Å². The van der Waals surface area contributed by atoms with Crippen molar-refractivity contribution in [2.24, 2.45) is 0 Å². The average Bonchev–Trinajstić information content (AvgIpc) is 3.10. The molecular weight excluding hydrogens is 328 g/mol. The summed E-state index contributed by atoms with van der Waals surface area (Å²) in [6.45, 7) is 3.63. The number of hydrogen-bond acceptors (Lipinski definition) is 5. The minimum Gasteiger partial charge on any atom is -0.341 e. The van der Waals surface area contributed by atoms with Gasteiger partial charge in [0, 0.05) is 32.4 Å². The number of nitrogens with zero attached hydrogens (tertiary/aromatic N) is 5. The van der Waals surface area contributed by atoms with E-state index in [1.165, 1.54) is 6.20 Å². The zero-order valence-corrected chi connectivity index (χ0v) is 14.2. The minimum absolute atomic E-state index is 0.0853. The number of hydrogen-bond donors (Lipinski definition) is 1. The lowest BCUT2D eigenvalue weighted by atomic mass is 10.2. The normalized spacial score (nSPS) is 15.1. The first-order chi connectivity index (χ1) is 12.7. The molecule has 0 radical (unpaired) electrons. The van der Waals surface area contributed by atoms with E-state index in [2.05, 4.69) is 19.9 Å². The number of fused-ring (bicyclic) bond motifs is 1. The van der Waals surface area contributed by atoms with Crippen LogP contribution in [0.4, 0.5) is 0 Å². The second kappa shape index (κ2) is 6.94. The number of para-hydroxylation sites is 2. The first-order valence-electron chi connectivity index (χ1n) is 8.54. The average molecular weight is 346 g/mol. The van der Waals surface area contributed by atoms with Crippen LogP contribution >= 0.6 is 0 Å². The Kier molecular flexibility index (Phi) is 4.33. The highest BCUT2D eigenvalue weighted by Crippen LogP contribution is 2.14. The highest BCUT2D eigenvalue weighted by Gasteiger charge is 2.23. The molecule has 7 heteroatoms. The van der Waals surface area contributed by atoms with E-state index in [-0.39, 0.29) is 5.91 Å². The number of pyridine rings is 1. The molecule has 7 nitrogen and oxygen atoms in total. The molecule has 0 unspecified atom stereocenters. The van der Waals surface area contributed by atoms with Crippen molar-refractivity contribution in [1.82, 2.24) is 24.8 Å². The first kappa shape index (κ1) is 16.2. The third-order valence-electron chi connectivity index (χ3n) is 4.58. The summed E-state index contributed by atoms with van der Waals surface area (Å²) >= 11 is 0. The van der Waals surface area contributed by atoms with Gasteiger partial charge in [0.05, 0.1) is 23.1 Å². The van der Waals surface area contributed by atoms with Crippen molar-refractivity contribution in [3.8, 4) is 6.07 Å². The molecule has 26 heavy (non-hydrogen) atoms. The summed E-state index contributed by atoms with van der Waals surface area (Å²) in [4.78, 5) is 28.7. The van der Waals surface area contributed by atoms with E-state index in [1.807, 2.05) is 35.2 Å². The summed E-state index contributed by atoms with van der Waals surface area (Å²) in [6, 6.07) is 13.2. The van der Waals surface area contributed by atoms with Crippen LogP contribution in [0.2, 0.25) is 0 Å². The van der Waals surface area contributed by atoms with Gasteiger partial charge in [0.15, 0.2) is 0 Å². The van der Waals surface area contributed by atoms with E-state index < -0.39 is 0 Å². The Bertz CT molecular complexity index is 931. The number of piperazine rings is 1. The van der Waals surface area contributed by atoms with Gasteiger partial charge in [-0.1, -0.05) is 12.1 Å². The number of imidazole rings is 1. The third-order valence-corrected chi connectivity index (χ3v) is 4.58. The van der Waals surface area contributed by atoms with E-state index in [0.29, 0.717) is 24.3 Å². The van der Waals surface area contributed by atoms with Crippen LogP contribution in [-0.4, -0.2) is 56.8 Å². The summed E-state index contributed by atoms with van der Waals surface area (Å²) < 4.78 is 0. The van der Waals surface area contributed by atoms with Gasteiger partial charge in [0.2, 0.25) is 0 Å². The Balaban J connectivity index is 1.36. The van der Waals surface area contributed by atoms with Crippen LogP contribution < -0.4 is 0 Å². The molecule has 1 amide bonds. The van der Waals surface area contributed by atoms with Gasteiger partial charge < -0.3 is 9.88 Å². The number of aromatic nitrogens is 3. The monoisotopic (exact) mass is 346 g/mol. The molecule has 0 aliphatic carbocycles. The van der Waals surface area contributed by atoms with Gasteiger partial charge in [-0.15, -0.1) is 0 Å². The second-order valence-corrected chi connectivity index (χ2v) is 6.31. The maximum absolute atomic E-state index is 12.5.